The molecule has 2 unspecified atom stereocenters. The molecule has 5 atom stereocenters. The zero-order chi connectivity index (χ0) is 65.6. The highest BCUT2D eigenvalue weighted by Crippen LogP contribution is 2.45. The molecule has 0 spiro atoms. The summed E-state index contributed by atoms with van der Waals surface area (Å²) in [4.78, 5) is 72.5. The number of carbonyl (C=O) groups excluding carboxylic acids is 4. The summed E-state index contributed by atoms with van der Waals surface area (Å²) < 4.78 is 68.3. The molecule has 0 aliphatic rings. The topological polar surface area (TPSA) is 237 Å². The Labute approximate surface area is 543 Å². The fourth-order valence-corrected chi connectivity index (χ4v) is 12.2. The lowest BCUT2D eigenvalue weighted by Gasteiger charge is -2.21. The molecule has 0 aliphatic carbocycles. The molecule has 0 aliphatic heterocycles. The van der Waals surface area contributed by atoms with E-state index in [0.717, 1.165) is 95.8 Å². The van der Waals surface area contributed by atoms with Crippen molar-refractivity contribution in [1.82, 2.24) is 0 Å². The number of aliphatic hydroxyl groups is 1. The zero-order valence-corrected chi connectivity index (χ0v) is 59.4. The Hall–Kier alpha value is -1.94. The van der Waals surface area contributed by atoms with Crippen LogP contribution < -0.4 is 0 Å². The minimum absolute atomic E-state index is 0.107. The average molecular weight is 1310 g/mol. The number of esters is 4. The van der Waals surface area contributed by atoms with E-state index in [1.807, 2.05) is 0 Å². The molecule has 0 saturated heterocycles. The Morgan fingerprint density at radius 3 is 0.764 bits per heavy atom. The summed E-state index contributed by atoms with van der Waals surface area (Å²) in [5.74, 6) is -1.39. The minimum atomic E-state index is -4.95. The van der Waals surface area contributed by atoms with E-state index >= 15 is 0 Å². The van der Waals surface area contributed by atoms with Gasteiger partial charge in [-0.3, -0.25) is 37.3 Å². The second kappa shape index (κ2) is 63.5. The molecule has 89 heavy (non-hydrogen) atoms. The largest absolute Gasteiger partial charge is 0.472 e. The van der Waals surface area contributed by atoms with E-state index in [1.165, 1.54) is 186 Å². The second-order valence-electron chi connectivity index (χ2n) is 25.7. The Kier molecular flexibility index (Phi) is 62.1. The highest BCUT2D eigenvalue weighted by Gasteiger charge is 2.30. The van der Waals surface area contributed by atoms with E-state index in [2.05, 4.69) is 34.6 Å². The van der Waals surface area contributed by atoms with Crippen molar-refractivity contribution in [2.24, 2.45) is 5.92 Å². The first-order valence-corrected chi connectivity index (χ1v) is 39.6. The first-order valence-electron chi connectivity index (χ1n) is 36.6. The number of ether oxygens (including phenoxy) is 4. The minimum Gasteiger partial charge on any atom is -0.462 e. The van der Waals surface area contributed by atoms with E-state index in [4.69, 9.17) is 37.0 Å². The Morgan fingerprint density at radius 2 is 0.517 bits per heavy atom. The zero-order valence-electron chi connectivity index (χ0n) is 57.6. The molecule has 0 aromatic rings. The third-order valence-electron chi connectivity index (χ3n) is 16.3. The standard InChI is InChI=1S/C70H136O17P2/c1-6-9-12-15-18-21-24-25-26-27-28-31-34-41-46-51-56-70(75)87-66(60-81-68(73)54-49-44-39-36-35-37-42-47-52-63(4)5)62-85-89(78,79)83-58-64(71)57-82-88(76,77)84-61-65(86-69(74)55-50-45-40-33-30-23-20-17-14-11-8-3)59-80-67(72)53-48-43-38-32-29-22-19-16-13-10-7-2/h63-66,71H,6-62H2,1-5H3,(H,76,77)(H,78,79)/t64-,65+,66+/m0/s1. The molecule has 0 amide bonds. The predicted octanol–water partition coefficient (Wildman–Crippen LogP) is 20.1. The Bertz CT molecular complexity index is 1720. The van der Waals surface area contributed by atoms with E-state index < -0.39 is 97.5 Å². The van der Waals surface area contributed by atoms with Crippen molar-refractivity contribution in [3.63, 3.8) is 0 Å². The summed E-state index contributed by atoms with van der Waals surface area (Å²) in [6.07, 6.45) is 49.8. The molecule has 17 nitrogen and oxygen atoms in total. The van der Waals surface area contributed by atoms with Crippen LogP contribution in [0.25, 0.3) is 0 Å². The van der Waals surface area contributed by atoms with E-state index in [9.17, 15) is 43.2 Å². The number of aliphatic hydroxyl groups excluding tert-OH is 1. The molecule has 0 rings (SSSR count). The van der Waals surface area contributed by atoms with Gasteiger partial charge in [0, 0.05) is 25.7 Å². The van der Waals surface area contributed by atoms with Crippen LogP contribution in [0.5, 0.6) is 0 Å². The normalized spacial score (nSPS) is 14.1. The molecular weight excluding hydrogens is 1170 g/mol. The van der Waals surface area contributed by atoms with Gasteiger partial charge in [-0.2, -0.15) is 0 Å². The molecule has 0 aromatic heterocycles. The molecule has 0 saturated carbocycles. The molecule has 0 radical (unpaired) electrons. The smallest absolute Gasteiger partial charge is 0.462 e. The van der Waals surface area contributed by atoms with Crippen molar-refractivity contribution in [3.8, 4) is 0 Å². The lowest BCUT2D eigenvalue weighted by Crippen LogP contribution is -2.30. The van der Waals surface area contributed by atoms with E-state index in [1.54, 1.807) is 0 Å². The molecule has 0 bridgehead atoms. The van der Waals surface area contributed by atoms with Gasteiger partial charge in [-0.1, -0.05) is 311 Å². The van der Waals surface area contributed by atoms with Crippen LogP contribution in [-0.2, 0) is 65.4 Å². The van der Waals surface area contributed by atoms with Crippen molar-refractivity contribution < 1.29 is 80.2 Å². The van der Waals surface area contributed by atoms with Gasteiger partial charge in [-0.15, -0.1) is 0 Å². The summed E-state index contributed by atoms with van der Waals surface area (Å²) in [5, 5.41) is 10.6. The summed E-state index contributed by atoms with van der Waals surface area (Å²) in [5.41, 5.74) is 0. The van der Waals surface area contributed by atoms with Gasteiger partial charge in [0.2, 0.25) is 0 Å². The van der Waals surface area contributed by atoms with Crippen LogP contribution in [0.15, 0.2) is 0 Å². The Morgan fingerprint density at radius 1 is 0.303 bits per heavy atom. The first-order chi connectivity index (χ1) is 43.0. The number of phosphoric acid groups is 2. The van der Waals surface area contributed by atoms with Crippen LogP contribution in [0.3, 0.4) is 0 Å². The van der Waals surface area contributed by atoms with Gasteiger partial charge in [0.1, 0.15) is 19.3 Å². The molecule has 19 heteroatoms. The average Bonchev–Trinajstić information content (AvgIpc) is 3.72. The van der Waals surface area contributed by atoms with Gasteiger partial charge in [0.25, 0.3) is 0 Å². The van der Waals surface area contributed by atoms with Crippen LogP contribution in [0.1, 0.15) is 362 Å². The van der Waals surface area contributed by atoms with Crippen LogP contribution >= 0.6 is 15.6 Å². The lowest BCUT2D eigenvalue weighted by molar-refractivity contribution is -0.161. The number of unbranched alkanes of at least 4 members (excludes halogenated alkanes) is 42. The third-order valence-corrected chi connectivity index (χ3v) is 18.2. The van der Waals surface area contributed by atoms with Crippen molar-refractivity contribution in [2.75, 3.05) is 39.6 Å². The molecule has 0 aromatic carbocycles. The van der Waals surface area contributed by atoms with Gasteiger partial charge in [-0.05, 0) is 31.6 Å². The van der Waals surface area contributed by atoms with Crippen molar-refractivity contribution in [2.45, 2.75) is 380 Å². The Balaban J connectivity index is 5.23. The molecule has 0 heterocycles. The van der Waals surface area contributed by atoms with Gasteiger partial charge >= 0.3 is 39.5 Å². The number of hydrogen-bond acceptors (Lipinski definition) is 15. The number of rotatable bonds is 70. The highest BCUT2D eigenvalue weighted by atomic mass is 31.2. The maximum absolute atomic E-state index is 13.0. The van der Waals surface area contributed by atoms with E-state index in [-0.39, 0.29) is 25.7 Å². The summed E-state index contributed by atoms with van der Waals surface area (Å²) in [7, 11) is -9.90. The van der Waals surface area contributed by atoms with Crippen molar-refractivity contribution >= 4 is 39.5 Å². The summed E-state index contributed by atoms with van der Waals surface area (Å²) in [6.45, 7) is 7.21. The number of carbonyl (C=O) groups is 4. The van der Waals surface area contributed by atoms with Gasteiger partial charge < -0.3 is 33.8 Å². The van der Waals surface area contributed by atoms with Gasteiger partial charge in [0.15, 0.2) is 12.2 Å². The van der Waals surface area contributed by atoms with Crippen LogP contribution in [0.2, 0.25) is 0 Å². The highest BCUT2D eigenvalue weighted by molar-refractivity contribution is 7.47. The number of phosphoric ester groups is 2. The second-order valence-corrected chi connectivity index (χ2v) is 28.7. The fourth-order valence-electron chi connectivity index (χ4n) is 10.6. The van der Waals surface area contributed by atoms with Crippen molar-refractivity contribution in [1.29, 1.82) is 0 Å². The van der Waals surface area contributed by atoms with Crippen LogP contribution in [0.4, 0.5) is 0 Å². The molecule has 0 fully saturated rings. The maximum atomic E-state index is 13.0. The van der Waals surface area contributed by atoms with Gasteiger partial charge in [-0.25, -0.2) is 9.13 Å². The van der Waals surface area contributed by atoms with E-state index in [0.29, 0.717) is 25.7 Å². The molecule has 3 N–H and O–H groups in total. The van der Waals surface area contributed by atoms with Crippen LogP contribution in [0, 0.1) is 5.92 Å². The molecule has 528 valence electrons. The van der Waals surface area contributed by atoms with Crippen molar-refractivity contribution in [3.05, 3.63) is 0 Å². The molecular formula is C70H136O17P2. The number of hydrogen-bond donors (Lipinski definition) is 3. The monoisotopic (exact) mass is 1310 g/mol. The quantitative estimate of drug-likeness (QED) is 0.0222. The SMILES string of the molecule is CCCCCCCCCCCCCCCCCCC(=O)O[C@H](COC(=O)CCCCCCCCCCC(C)C)COP(=O)(O)OC[C@@H](O)COP(=O)(O)OC[C@@H](COC(=O)CCCCCCCCCCCCC)OC(=O)CCCCCCCCCCCCC. The maximum Gasteiger partial charge on any atom is 0.472 e. The summed E-state index contributed by atoms with van der Waals surface area (Å²) in [6, 6.07) is 0. The predicted molar refractivity (Wildman–Crippen MR) is 358 cm³/mol. The third kappa shape index (κ3) is 64.6. The van der Waals surface area contributed by atoms with Gasteiger partial charge in [0.05, 0.1) is 26.4 Å². The fraction of sp³-hybridized carbons (Fsp3) is 0.943. The van der Waals surface area contributed by atoms with Crippen LogP contribution in [-0.4, -0.2) is 96.7 Å². The summed E-state index contributed by atoms with van der Waals surface area (Å²) >= 11 is 0. The lowest BCUT2D eigenvalue weighted by atomic mass is 10.0. The first kappa shape index (κ1) is 87.1.